The van der Waals surface area contributed by atoms with E-state index in [1.807, 2.05) is 6.07 Å². The lowest BCUT2D eigenvalue weighted by atomic mass is 9.80. The first kappa shape index (κ1) is 13.1. The van der Waals surface area contributed by atoms with Gasteiger partial charge in [0.2, 0.25) is 0 Å². The van der Waals surface area contributed by atoms with Crippen molar-refractivity contribution in [1.29, 1.82) is 0 Å². The number of amides is 1. The lowest BCUT2D eigenvalue weighted by Gasteiger charge is -2.07. The number of hydrogen-bond donors (Lipinski definition) is 3. The average Bonchev–Trinajstić information content (AvgIpc) is 2.40. The van der Waals surface area contributed by atoms with Crippen molar-refractivity contribution >= 4 is 24.4 Å². The molecule has 0 aliphatic heterocycles. The van der Waals surface area contributed by atoms with Gasteiger partial charge in [0.1, 0.15) is 5.75 Å². The number of anilines is 1. The molecular formula is C13H12BNO4. The second-order valence-electron chi connectivity index (χ2n) is 3.83. The number of nitrogens with one attached hydrogen (secondary N) is 1. The Balaban J connectivity index is 2.01. The molecule has 0 unspecified atom stereocenters. The lowest BCUT2D eigenvalue weighted by molar-refractivity contribution is 0.215. The van der Waals surface area contributed by atoms with Gasteiger partial charge >= 0.3 is 13.2 Å². The molecule has 6 heteroatoms. The number of ether oxygens (including phenoxy) is 1. The Morgan fingerprint density at radius 3 is 2.47 bits per heavy atom. The minimum atomic E-state index is -1.58. The van der Waals surface area contributed by atoms with Gasteiger partial charge in [0.05, 0.1) is 0 Å². The molecule has 2 aromatic rings. The number of carbonyl (C=O) groups is 1. The highest BCUT2D eigenvalue weighted by Crippen LogP contribution is 2.10. The van der Waals surface area contributed by atoms with Gasteiger partial charge in [-0.1, -0.05) is 30.3 Å². The third-order valence-electron chi connectivity index (χ3n) is 2.38. The van der Waals surface area contributed by atoms with E-state index in [0.717, 1.165) is 0 Å². The number of rotatable bonds is 3. The third kappa shape index (κ3) is 3.84. The van der Waals surface area contributed by atoms with Gasteiger partial charge in [-0.05, 0) is 29.7 Å². The van der Waals surface area contributed by atoms with Gasteiger partial charge in [0.15, 0.2) is 0 Å². The first-order chi connectivity index (χ1) is 9.15. The van der Waals surface area contributed by atoms with Gasteiger partial charge in [-0.15, -0.1) is 0 Å². The van der Waals surface area contributed by atoms with Gasteiger partial charge in [-0.2, -0.15) is 0 Å². The molecule has 0 spiro atoms. The van der Waals surface area contributed by atoms with Crippen molar-refractivity contribution in [2.45, 2.75) is 0 Å². The quantitative estimate of drug-likeness (QED) is 0.716. The van der Waals surface area contributed by atoms with Crippen molar-refractivity contribution in [1.82, 2.24) is 0 Å². The summed E-state index contributed by atoms with van der Waals surface area (Å²) in [6.07, 6.45) is -0.643. The minimum absolute atomic E-state index is 0.289. The second kappa shape index (κ2) is 6.04. The molecule has 0 saturated heterocycles. The zero-order valence-electron chi connectivity index (χ0n) is 9.98. The van der Waals surface area contributed by atoms with Crippen molar-refractivity contribution in [2.75, 3.05) is 5.32 Å². The zero-order valence-corrected chi connectivity index (χ0v) is 9.98. The van der Waals surface area contributed by atoms with E-state index in [4.69, 9.17) is 14.8 Å². The van der Waals surface area contributed by atoms with Crippen LogP contribution in [0, 0.1) is 0 Å². The highest BCUT2D eigenvalue weighted by atomic mass is 16.6. The van der Waals surface area contributed by atoms with Crippen LogP contribution in [0.3, 0.4) is 0 Å². The summed E-state index contributed by atoms with van der Waals surface area (Å²) in [7, 11) is -1.58. The molecular weight excluding hydrogens is 245 g/mol. The van der Waals surface area contributed by atoms with E-state index in [0.29, 0.717) is 11.4 Å². The second-order valence-corrected chi connectivity index (χ2v) is 3.83. The number of hydrogen-bond acceptors (Lipinski definition) is 4. The Morgan fingerprint density at radius 1 is 1.05 bits per heavy atom. The first-order valence-corrected chi connectivity index (χ1v) is 5.65. The van der Waals surface area contributed by atoms with Crippen LogP contribution in [-0.2, 0) is 0 Å². The Morgan fingerprint density at radius 2 is 1.79 bits per heavy atom. The molecule has 0 heterocycles. The van der Waals surface area contributed by atoms with Crippen molar-refractivity contribution in [3.8, 4) is 5.75 Å². The molecule has 0 aliphatic rings. The standard InChI is InChI=1S/C13H12BNO4/c16-13(19-12-7-2-1-3-8-12)15-11-6-4-5-10(9-11)14(17)18/h1-9,17-18H,(H,15,16). The van der Waals surface area contributed by atoms with E-state index in [1.165, 1.54) is 6.07 Å². The predicted octanol–water partition coefficient (Wildman–Crippen LogP) is 0.977. The normalized spacial score (nSPS) is 9.79. The number of benzene rings is 2. The Kier molecular flexibility index (Phi) is 4.17. The van der Waals surface area contributed by atoms with Crippen molar-refractivity contribution < 1.29 is 19.6 Å². The molecule has 3 N–H and O–H groups in total. The summed E-state index contributed by atoms with van der Waals surface area (Å²) in [5, 5.41) is 20.6. The number of carbonyl (C=O) groups excluding carboxylic acids is 1. The molecule has 0 fully saturated rings. The summed E-state index contributed by atoms with van der Waals surface area (Å²) in [5.74, 6) is 0.429. The summed E-state index contributed by atoms with van der Waals surface area (Å²) >= 11 is 0. The highest BCUT2D eigenvalue weighted by Gasteiger charge is 2.12. The molecule has 0 aromatic heterocycles. The van der Waals surface area contributed by atoms with E-state index in [9.17, 15) is 4.79 Å². The van der Waals surface area contributed by atoms with Crippen molar-refractivity contribution in [2.24, 2.45) is 0 Å². The smallest absolute Gasteiger partial charge is 0.423 e. The van der Waals surface area contributed by atoms with Crippen molar-refractivity contribution in [3.05, 3.63) is 54.6 Å². The van der Waals surface area contributed by atoms with E-state index in [2.05, 4.69) is 5.32 Å². The highest BCUT2D eigenvalue weighted by molar-refractivity contribution is 6.58. The van der Waals surface area contributed by atoms with Crippen molar-refractivity contribution in [3.63, 3.8) is 0 Å². The molecule has 96 valence electrons. The molecule has 19 heavy (non-hydrogen) atoms. The molecule has 5 nitrogen and oxygen atoms in total. The van der Waals surface area contributed by atoms with Gasteiger partial charge in [-0.25, -0.2) is 4.79 Å². The molecule has 2 aromatic carbocycles. The predicted molar refractivity (Wildman–Crippen MR) is 72.4 cm³/mol. The van der Waals surface area contributed by atoms with E-state index >= 15 is 0 Å². The average molecular weight is 257 g/mol. The summed E-state index contributed by atoms with van der Waals surface area (Å²) in [4.78, 5) is 11.6. The van der Waals surface area contributed by atoms with Gasteiger partial charge in [0, 0.05) is 5.69 Å². The van der Waals surface area contributed by atoms with Gasteiger partial charge in [0.25, 0.3) is 0 Å². The van der Waals surface area contributed by atoms with Crippen LogP contribution in [0.15, 0.2) is 54.6 Å². The minimum Gasteiger partial charge on any atom is -0.423 e. The van der Waals surface area contributed by atoms with Crippen LogP contribution in [0.4, 0.5) is 10.5 Å². The Labute approximate surface area is 110 Å². The van der Waals surface area contributed by atoms with Gasteiger partial charge in [-0.3, -0.25) is 5.32 Å². The molecule has 0 aliphatic carbocycles. The summed E-state index contributed by atoms with van der Waals surface area (Å²) in [6.45, 7) is 0. The maximum absolute atomic E-state index is 11.6. The third-order valence-corrected chi connectivity index (χ3v) is 2.38. The molecule has 0 atom stereocenters. The monoisotopic (exact) mass is 257 g/mol. The topological polar surface area (TPSA) is 78.8 Å². The summed E-state index contributed by atoms with van der Waals surface area (Å²) < 4.78 is 5.04. The maximum atomic E-state index is 11.6. The Hall–Kier alpha value is -2.31. The van der Waals surface area contributed by atoms with E-state index in [-0.39, 0.29) is 5.46 Å². The molecule has 2 rings (SSSR count). The molecule has 0 radical (unpaired) electrons. The van der Waals surface area contributed by atoms with Gasteiger partial charge < -0.3 is 14.8 Å². The Bertz CT molecular complexity index is 560. The molecule has 1 amide bonds. The van der Waals surface area contributed by atoms with Crippen LogP contribution in [-0.4, -0.2) is 23.3 Å². The first-order valence-electron chi connectivity index (χ1n) is 5.65. The lowest BCUT2D eigenvalue weighted by Crippen LogP contribution is -2.30. The number of para-hydroxylation sites is 1. The molecule has 0 saturated carbocycles. The van der Waals surface area contributed by atoms with Crippen LogP contribution in [0.2, 0.25) is 0 Å². The van der Waals surface area contributed by atoms with Crippen LogP contribution in [0.1, 0.15) is 0 Å². The van der Waals surface area contributed by atoms with Crippen LogP contribution < -0.4 is 15.5 Å². The van der Waals surface area contributed by atoms with E-state index < -0.39 is 13.2 Å². The van der Waals surface area contributed by atoms with Crippen LogP contribution >= 0.6 is 0 Å². The SMILES string of the molecule is O=C(Nc1cccc(B(O)O)c1)Oc1ccccc1. The van der Waals surface area contributed by atoms with E-state index in [1.54, 1.807) is 42.5 Å². The largest absolute Gasteiger partial charge is 0.488 e. The fourth-order valence-electron chi connectivity index (χ4n) is 1.52. The summed E-state index contributed by atoms with van der Waals surface area (Å²) in [6, 6.07) is 14.9. The fraction of sp³-hybridized carbons (Fsp3) is 0. The fourth-order valence-corrected chi connectivity index (χ4v) is 1.52. The zero-order chi connectivity index (χ0) is 13.7. The summed E-state index contributed by atoms with van der Waals surface area (Å²) in [5.41, 5.74) is 0.712. The maximum Gasteiger partial charge on any atom is 0.488 e. The van der Waals surface area contributed by atoms with Crippen LogP contribution in [0.5, 0.6) is 5.75 Å². The molecule has 0 bridgehead atoms. The van der Waals surface area contributed by atoms with Crippen LogP contribution in [0.25, 0.3) is 0 Å².